The maximum Gasteiger partial charge on any atom is 0.0223 e. The molecular formula is C11H23ClS. The van der Waals surface area contributed by atoms with E-state index in [1.54, 1.807) is 0 Å². The van der Waals surface area contributed by atoms with Crippen LogP contribution in [0.2, 0.25) is 0 Å². The van der Waals surface area contributed by atoms with Crippen molar-refractivity contribution in [1.82, 2.24) is 0 Å². The van der Waals surface area contributed by atoms with Crippen molar-refractivity contribution >= 4 is 23.4 Å². The number of halogens is 1. The molecule has 13 heavy (non-hydrogen) atoms. The van der Waals surface area contributed by atoms with E-state index in [1.165, 1.54) is 43.6 Å². The van der Waals surface area contributed by atoms with Gasteiger partial charge in [-0.3, -0.25) is 0 Å². The molecule has 0 aliphatic rings. The van der Waals surface area contributed by atoms with Crippen molar-refractivity contribution in [2.75, 3.05) is 17.4 Å². The Labute approximate surface area is 92.8 Å². The average molecular weight is 223 g/mol. The molecule has 0 aromatic carbocycles. The zero-order valence-corrected chi connectivity index (χ0v) is 10.6. The minimum atomic E-state index is 0.833. The van der Waals surface area contributed by atoms with Gasteiger partial charge in [-0.15, -0.1) is 11.6 Å². The summed E-state index contributed by atoms with van der Waals surface area (Å²) in [5.74, 6) is 4.41. The van der Waals surface area contributed by atoms with Crippen LogP contribution in [0.15, 0.2) is 0 Å². The first-order valence-electron chi connectivity index (χ1n) is 5.45. The van der Waals surface area contributed by atoms with Crippen LogP contribution < -0.4 is 0 Å². The van der Waals surface area contributed by atoms with Gasteiger partial charge < -0.3 is 0 Å². The van der Waals surface area contributed by atoms with Crippen LogP contribution in [0.25, 0.3) is 0 Å². The zero-order chi connectivity index (χ0) is 9.94. The molecule has 0 saturated carbocycles. The van der Waals surface area contributed by atoms with E-state index in [2.05, 4.69) is 25.6 Å². The van der Waals surface area contributed by atoms with E-state index >= 15 is 0 Å². The van der Waals surface area contributed by atoms with Gasteiger partial charge in [0.25, 0.3) is 0 Å². The predicted octanol–water partition coefficient (Wildman–Crippen LogP) is 4.56. The van der Waals surface area contributed by atoms with Crippen LogP contribution in [-0.4, -0.2) is 17.4 Å². The second-order valence-electron chi connectivity index (χ2n) is 3.69. The highest BCUT2D eigenvalue weighted by atomic mass is 35.5. The van der Waals surface area contributed by atoms with Crippen LogP contribution >= 0.6 is 23.4 Å². The Morgan fingerprint density at radius 1 is 1.15 bits per heavy atom. The van der Waals surface area contributed by atoms with Crippen LogP contribution in [0.1, 0.15) is 46.0 Å². The fourth-order valence-corrected chi connectivity index (χ4v) is 2.46. The van der Waals surface area contributed by atoms with Crippen molar-refractivity contribution in [2.24, 2.45) is 5.92 Å². The minimum absolute atomic E-state index is 0.833. The van der Waals surface area contributed by atoms with E-state index in [1.807, 2.05) is 0 Å². The standard InChI is InChI=1S/C11H23ClS/c1-3-11(2)10-13-9-7-5-4-6-8-12/h11H,3-10H2,1-2H3. The lowest BCUT2D eigenvalue weighted by molar-refractivity contribution is 0.636. The van der Waals surface area contributed by atoms with Crippen molar-refractivity contribution < 1.29 is 0 Å². The molecule has 0 amide bonds. The van der Waals surface area contributed by atoms with Crippen molar-refractivity contribution in [3.8, 4) is 0 Å². The Kier molecular flexibility index (Phi) is 11.2. The first-order chi connectivity index (χ1) is 6.31. The summed E-state index contributed by atoms with van der Waals surface area (Å²) in [6, 6.07) is 0. The van der Waals surface area contributed by atoms with Crippen molar-refractivity contribution in [3.63, 3.8) is 0 Å². The molecule has 0 heterocycles. The topological polar surface area (TPSA) is 0 Å². The average Bonchev–Trinajstić information content (AvgIpc) is 2.16. The summed E-state index contributed by atoms with van der Waals surface area (Å²) in [4.78, 5) is 0. The van der Waals surface area contributed by atoms with Crippen LogP contribution in [-0.2, 0) is 0 Å². The number of rotatable bonds is 9. The molecule has 1 unspecified atom stereocenters. The highest BCUT2D eigenvalue weighted by molar-refractivity contribution is 7.99. The maximum atomic E-state index is 5.60. The number of unbranched alkanes of at least 4 members (excludes halogenated alkanes) is 3. The minimum Gasteiger partial charge on any atom is -0.162 e. The lowest BCUT2D eigenvalue weighted by atomic mass is 10.2. The van der Waals surface area contributed by atoms with E-state index in [-0.39, 0.29) is 0 Å². The van der Waals surface area contributed by atoms with Gasteiger partial charge in [-0.1, -0.05) is 33.1 Å². The highest BCUT2D eigenvalue weighted by Crippen LogP contribution is 2.13. The predicted molar refractivity (Wildman–Crippen MR) is 66.0 cm³/mol. The van der Waals surface area contributed by atoms with Gasteiger partial charge in [-0.25, -0.2) is 0 Å². The Morgan fingerprint density at radius 2 is 1.85 bits per heavy atom. The van der Waals surface area contributed by atoms with E-state index in [0.29, 0.717) is 0 Å². The van der Waals surface area contributed by atoms with Gasteiger partial charge in [0.2, 0.25) is 0 Å². The first-order valence-corrected chi connectivity index (χ1v) is 7.13. The lowest BCUT2D eigenvalue weighted by Crippen LogP contribution is -1.96. The van der Waals surface area contributed by atoms with Gasteiger partial charge in [0, 0.05) is 5.88 Å². The summed E-state index contributed by atoms with van der Waals surface area (Å²) in [6.07, 6.45) is 6.56. The molecule has 0 bridgehead atoms. The van der Waals surface area contributed by atoms with E-state index in [4.69, 9.17) is 11.6 Å². The molecule has 0 nitrogen and oxygen atoms in total. The molecule has 1 atom stereocenters. The molecule has 0 saturated heterocycles. The Morgan fingerprint density at radius 3 is 2.46 bits per heavy atom. The lowest BCUT2D eigenvalue weighted by Gasteiger charge is -2.06. The van der Waals surface area contributed by atoms with Gasteiger partial charge in [0.15, 0.2) is 0 Å². The smallest absolute Gasteiger partial charge is 0.0223 e. The number of hydrogen-bond donors (Lipinski definition) is 0. The van der Waals surface area contributed by atoms with E-state index < -0.39 is 0 Å². The fraction of sp³-hybridized carbons (Fsp3) is 1.00. The summed E-state index contributed by atoms with van der Waals surface area (Å²) < 4.78 is 0. The van der Waals surface area contributed by atoms with Gasteiger partial charge in [0.1, 0.15) is 0 Å². The molecule has 0 N–H and O–H groups in total. The van der Waals surface area contributed by atoms with Gasteiger partial charge >= 0.3 is 0 Å². The molecule has 0 spiro atoms. The third-order valence-corrected chi connectivity index (χ3v) is 3.92. The van der Waals surface area contributed by atoms with Gasteiger partial charge in [-0.05, 0) is 30.3 Å². The molecule has 0 aliphatic heterocycles. The summed E-state index contributed by atoms with van der Waals surface area (Å²) in [6.45, 7) is 4.60. The molecule has 0 aromatic rings. The van der Waals surface area contributed by atoms with Crippen molar-refractivity contribution in [1.29, 1.82) is 0 Å². The Bertz CT molecular complexity index is 96.1. The van der Waals surface area contributed by atoms with Crippen LogP contribution in [0, 0.1) is 5.92 Å². The molecule has 0 aliphatic carbocycles. The Hall–Kier alpha value is 0.640. The van der Waals surface area contributed by atoms with Gasteiger partial charge in [-0.2, -0.15) is 11.8 Å². The number of hydrogen-bond acceptors (Lipinski definition) is 1. The third-order valence-electron chi connectivity index (χ3n) is 2.27. The van der Waals surface area contributed by atoms with Gasteiger partial charge in [0.05, 0.1) is 0 Å². The second kappa shape index (κ2) is 10.7. The molecule has 80 valence electrons. The highest BCUT2D eigenvalue weighted by Gasteiger charge is 1.97. The number of thioether (sulfide) groups is 1. The normalized spacial score (nSPS) is 13.2. The molecular weight excluding hydrogens is 200 g/mol. The molecule has 2 heteroatoms. The summed E-state index contributed by atoms with van der Waals surface area (Å²) in [5, 5.41) is 0. The third kappa shape index (κ3) is 10.6. The van der Waals surface area contributed by atoms with Crippen molar-refractivity contribution in [2.45, 2.75) is 46.0 Å². The summed E-state index contributed by atoms with van der Waals surface area (Å²) in [5.41, 5.74) is 0. The monoisotopic (exact) mass is 222 g/mol. The maximum absolute atomic E-state index is 5.60. The molecule has 0 aromatic heterocycles. The fourth-order valence-electron chi connectivity index (χ4n) is 1.05. The van der Waals surface area contributed by atoms with Crippen LogP contribution in [0.5, 0.6) is 0 Å². The number of alkyl halides is 1. The molecule has 0 fully saturated rings. The van der Waals surface area contributed by atoms with E-state index in [0.717, 1.165) is 11.8 Å². The van der Waals surface area contributed by atoms with Crippen molar-refractivity contribution in [3.05, 3.63) is 0 Å². The van der Waals surface area contributed by atoms with Crippen LogP contribution in [0.4, 0.5) is 0 Å². The quantitative estimate of drug-likeness (QED) is 0.407. The summed E-state index contributed by atoms with van der Waals surface area (Å²) in [7, 11) is 0. The summed E-state index contributed by atoms with van der Waals surface area (Å²) >= 11 is 7.71. The Balaban J connectivity index is 2.91. The van der Waals surface area contributed by atoms with E-state index in [9.17, 15) is 0 Å². The largest absolute Gasteiger partial charge is 0.162 e. The van der Waals surface area contributed by atoms with Crippen LogP contribution in [0.3, 0.4) is 0 Å². The first kappa shape index (κ1) is 13.6. The molecule has 0 radical (unpaired) electrons. The SMILES string of the molecule is CCC(C)CSCCCCCCCl. The molecule has 0 rings (SSSR count). The zero-order valence-electron chi connectivity index (χ0n) is 9.02. The second-order valence-corrected chi connectivity index (χ2v) is 5.22.